The monoisotopic (exact) mass is 286 g/mol. The van der Waals surface area contributed by atoms with E-state index in [0.717, 1.165) is 38.5 Å². The number of carbonyl (C=O) groups excluding carboxylic acids is 2. The van der Waals surface area contributed by atoms with Gasteiger partial charge in [-0.15, -0.1) is 0 Å². The van der Waals surface area contributed by atoms with E-state index in [1.54, 1.807) is 0 Å². The third-order valence-corrected chi connectivity index (χ3v) is 3.48. The summed E-state index contributed by atoms with van der Waals surface area (Å²) < 4.78 is 14.9. The number of hydrogen-bond donors (Lipinski definition) is 0. The van der Waals surface area contributed by atoms with Gasteiger partial charge in [-0.25, -0.2) is 4.79 Å². The van der Waals surface area contributed by atoms with Crippen LogP contribution >= 0.6 is 0 Å². The molecule has 0 spiro atoms. The van der Waals surface area contributed by atoms with Gasteiger partial charge in [0.1, 0.15) is 12.7 Å². The Morgan fingerprint density at radius 3 is 2.70 bits per heavy atom. The second-order valence-corrected chi connectivity index (χ2v) is 5.92. The number of rotatable bonds is 9. The van der Waals surface area contributed by atoms with Crippen LogP contribution in [-0.4, -0.2) is 31.4 Å². The van der Waals surface area contributed by atoms with E-state index in [9.17, 15) is 9.59 Å². The Kier molecular flexibility index (Phi) is 6.82. The first-order valence-electron chi connectivity index (χ1n) is 7.46. The van der Waals surface area contributed by atoms with Crippen molar-refractivity contribution in [3.63, 3.8) is 0 Å². The molecular formula is C15H26O5. The molecule has 1 saturated heterocycles. The third kappa shape index (κ3) is 5.80. The fraction of sp³-hybridized carbons (Fsp3) is 0.867. The first-order chi connectivity index (χ1) is 9.45. The normalized spacial score (nSPS) is 18.6. The van der Waals surface area contributed by atoms with Gasteiger partial charge in [0.15, 0.2) is 0 Å². The molecule has 0 amide bonds. The van der Waals surface area contributed by atoms with Gasteiger partial charge in [-0.1, -0.05) is 13.3 Å². The standard InChI is InChI=1S/C15H26O5/c1-4-9-15(2,3)13(16)18-10-7-5-6-8-12-11-19-14(17)20-12/h12H,4-11H2,1-3H3. The zero-order valence-electron chi connectivity index (χ0n) is 12.8. The van der Waals surface area contributed by atoms with Crippen molar-refractivity contribution in [2.75, 3.05) is 13.2 Å². The number of cyclic esters (lactones) is 2. The second-order valence-electron chi connectivity index (χ2n) is 5.92. The van der Waals surface area contributed by atoms with E-state index in [0.29, 0.717) is 13.2 Å². The highest BCUT2D eigenvalue weighted by molar-refractivity contribution is 5.75. The molecule has 1 atom stereocenters. The SMILES string of the molecule is CCCC(C)(C)C(=O)OCCCCCC1COC(=O)O1. The fourth-order valence-corrected chi connectivity index (χ4v) is 2.25. The molecule has 0 radical (unpaired) electrons. The number of esters is 1. The molecule has 0 N–H and O–H groups in total. The smallest absolute Gasteiger partial charge is 0.465 e. The van der Waals surface area contributed by atoms with Crippen LogP contribution in [0.3, 0.4) is 0 Å². The fourth-order valence-electron chi connectivity index (χ4n) is 2.25. The van der Waals surface area contributed by atoms with Crippen LogP contribution in [0.2, 0.25) is 0 Å². The summed E-state index contributed by atoms with van der Waals surface area (Å²) in [5.74, 6) is -0.113. The molecule has 1 rings (SSSR count). The summed E-state index contributed by atoms with van der Waals surface area (Å²) in [6.45, 7) is 6.74. The average Bonchev–Trinajstić information content (AvgIpc) is 2.79. The van der Waals surface area contributed by atoms with Gasteiger partial charge >= 0.3 is 12.1 Å². The minimum Gasteiger partial charge on any atom is -0.465 e. The summed E-state index contributed by atoms with van der Waals surface area (Å²) in [5, 5.41) is 0. The van der Waals surface area contributed by atoms with E-state index in [-0.39, 0.29) is 17.5 Å². The summed E-state index contributed by atoms with van der Waals surface area (Å²) in [6, 6.07) is 0. The van der Waals surface area contributed by atoms with Crippen LogP contribution in [0.15, 0.2) is 0 Å². The van der Waals surface area contributed by atoms with Crippen molar-refractivity contribution in [3.8, 4) is 0 Å². The van der Waals surface area contributed by atoms with E-state index in [2.05, 4.69) is 6.92 Å². The van der Waals surface area contributed by atoms with Gasteiger partial charge in [-0.2, -0.15) is 0 Å². The van der Waals surface area contributed by atoms with Crippen molar-refractivity contribution in [2.45, 2.75) is 65.4 Å². The van der Waals surface area contributed by atoms with Crippen LogP contribution in [0.25, 0.3) is 0 Å². The van der Waals surface area contributed by atoms with E-state index in [1.165, 1.54) is 0 Å². The Bertz CT molecular complexity index is 324. The van der Waals surface area contributed by atoms with Crippen LogP contribution in [0.1, 0.15) is 59.3 Å². The molecule has 0 aliphatic carbocycles. The van der Waals surface area contributed by atoms with Gasteiger partial charge in [-0.05, 0) is 46.0 Å². The Balaban J connectivity index is 2.01. The molecular weight excluding hydrogens is 260 g/mol. The molecule has 1 aliphatic rings. The number of carbonyl (C=O) groups is 2. The molecule has 0 bridgehead atoms. The Morgan fingerprint density at radius 1 is 1.35 bits per heavy atom. The Morgan fingerprint density at radius 2 is 2.10 bits per heavy atom. The van der Waals surface area contributed by atoms with Gasteiger partial charge in [0.2, 0.25) is 0 Å². The minimum atomic E-state index is -0.568. The molecule has 1 fully saturated rings. The summed E-state index contributed by atoms with van der Waals surface area (Å²) in [4.78, 5) is 22.5. The van der Waals surface area contributed by atoms with E-state index >= 15 is 0 Å². The lowest BCUT2D eigenvalue weighted by Crippen LogP contribution is -2.26. The summed E-state index contributed by atoms with van der Waals surface area (Å²) in [5.41, 5.74) is -0.385. The highest BCUT2D eigenvalue weighted by Gasteiger charge is 2.28. The van der Waals surface area contributed by atoms with E-state index in [1.807, 2.05) is 13.8 Å². The van der Waals surface area contributed by atoms with Crippen molar-refractivity contribution in [1.82, 2.24) is 0 Å². The molecule has 0 aromatic heterocycles. The summed E-state index contributed by atoms with van der Waals surface area (Å²) >= 11 is 0. The van der Waals surface area contributed by atoms with Crippen molar-refractivity contribution in [1.29, 1.82) is 0 Å². The first kappa shape index (κ1) is 16.8. The van der Waals surface area contributed by atoms with Gasteiger partial charge in [0.05, 0.1) is 12.0 Å². The Hall–Kier alpha value is -1.26. The lowest BCUT2D eigenvalue weighted by atomic mass is 9.88. The maximum atomic E-state index is 11.8. The van der Waals surface area contributed by atoms with Crippen LogP contribution in [0, 0.1) is 5.41 Å². The number of ether oxygens (including phenoxy) is 3. The summed E-state index contributed by atoms with van der Waals surface area (Å²) in [7, 11) is 0. The van der Waals surface area contributed by atoms with Crippen molar-refractivity contribution in [2.24, 2.45) is 5.41 Å². The molecule has 1 aliphatic heterocycles. The van der Waals surface area contributed by atoms with Crippen molar-refractivity contribution in [3.05, 3.63) is 0 Å². The number of hydrogen-bond acceptors (Lipinski definition) is 5. The lowest BCUT2D eigenvalue weighted by Gasteiger charge is -2.21. The van der Waals surface area contributed by atoms with Crippen molar-refractivity contribution < 1.29 is 23.8 Å². The lowest BCUT2D eigenvalue weighted by molar-refractivity contribution is -0.154. The quantitative estimate of drug-likeness (QED) is 0.480. The molecule has 20 heavy (non-hydrogen) atoms. The predicted molar refractivity (Wildman–Crippen MR) is 74.3 cm³/mol. The maximum Gasteiger partial charge on any atom is 0.508 e. The maximum absolute atomic E-state index is 11.8. The number of unbranched alkanes of at least 4 members (excludes halogenated alkanes) is 2. The Labute approximate surface area is 121 Å². The highest BCUT2D eigenvalue weighted by Crippen LogP contribution is 2.24. The van der Waals surface area contributed by atoms with Crippen molar-refractivity contribution >= 4 is 12.1 Å². The largest absolute Gasteiger partial charge is 0.508 e. The van der Waals surface area contributed by atoms with Crippen LogP contribution in [-0.2, 0) is 19.0 Å². The topological polar surface area (TPSA) is 61.8 Å². The zero-order valence-corrected chi connectivity index (χ0v) is 12.8. The molecule has 0 aromatic rings. The molecule has 1 heterocycles. The van der Waals surface area contributed by atoms with Gasteiger partial charge in [0, 0.05) is 0 Å². The van der Waals surface area contributed by atoms with Gasteiger partial charge in [-0.3, -0.25) is 4.79 Å². The summed E-state index contributed by atoms with van der Waals surface area (Å²) in [6.07, 6.45) is 4.70. The second kappa shape index (κ2) is 8.12. The molecule has 0 saturated carbocycles. The third-order valence-electron chi connectivity index (χ3n) is 3.48. The highest BCUT2D eigenvalue weighted by atomic mass is 16.8. The first-order valence-corrected chi connectivity index (χ1v) is 7.46. The average molecular weight is 286 g/mol. The van der Waals surface area contributed by atoms with Gasteiger partial charge in [0.25, 0.3) is 0 Å². The van der Waals surface area contributed by atoms with Crippen LogP contribution in [0.5, 0.6) is 0 Å². The van der Waals surface area contributed by atoms with Gasteiger partial charge < -0.3 is 14.2 Å². The molecule has 5 heteroatoms. The molecule has 116 valence electrons. The van der Waals surface area contributed by atoms with E-state index < -0.39 is 6.16 Å². The zero-order chi connectivity index (χ0) is 15.0. The minimum absolute atomic E-state index is 0.103. The molecule has 5 nitrogen and oxygen atoms in total. The van der Waals surface area contributed by atoms with Crippen LogP contribution < -0.4 is 0 Å². The van der Waals surface area contributed by atoms with Crippen LogP contribution in [0.4, 0.5) is 4.79 Å². The van der Waals surface area contributed by atoms with E-state index in [4.69, 9.17) is 14.2 Å². The molecule has 1 unspecified atom stereocenters. The molecule has 0 aromatic carbocycles. The predicted octanol–water partition coefficient (Wildman–Crippen LogP) is 3.45.